The van der Waals surface area contributed by atoms with Crippen molar-refractivity contribution in [3.8, 4) is 5.88 Å². The topological polar surface area (TPSA) is 82.0 Å². The summed E-state index contributed by atoms with van der Waals surface area (Å²) in [6.07, 6.45) is 2.21. The number of fused-ring (bicyclic) bond motifs is 1. The van der Waals surface area contributed by atoms with Crippen molar-refractivity contribution in [2.75, 3.05) is 13.2 Å². The Kier molecular flexibility index (Phi) is 4.30. The minimum Gasteiger partial charge on any atom is -0.493 e. The fourth-order valence-corrected chi connectivity index (χ4v) is 2.50. The molecule has 1 fully saturated rings. The van der Waals surface area contributed by atoms with Crippen LogP contribution in [-0.2, 0) is 4.74 Å². The second-order valence-electron chi connectivity index (χ2n) is 5.03. The smallest absolute Gasteiger partial charge is 0.218 e. The van der Waals surface area contributed by atoms with Gasteiger partial charge in [-0.05, 0) is 43.3 Å². The first kappa shape index (κ1) is 14.9. The van der Waals surface area contributed by atoms with Crippen molar-refractivity contribution in [3.63, 3.8) is 0 Å². The van der Waals surface area contributed by atoms with E-state index < -0.39 is 5.82 Å². The van der Waals surface area contributed by atoms with Crippen LogP contribution in [0.3, 0.4) is 0 Å². The fourth-order valence-electron chi connectivity index (χ4n) is 2.38. The first-order valence-corrected chi connectivity index (χ1v) is 7.35. The third-order valence-electron chi connectivity index (χ3n) is 3.46. The number of nitrogens with zero attached hydrogens (tertiary/aromatic N) is 2. The van der Waals surface area contributed by atoms with E-state index in [1.54, 1.807) is 0 Å². The lowest BCUT2D eigenvalue weighted by Gasteiger charge is -2.09. The molecule has 2 heterocycles. The Balaban J connectivity index is 1.69. The number of nitrogens with one attached hydrogen (secondary N) is 2. The number of rotatable bonds is 3. The third-order valence-corrected chi connectivity index (χ3v) is 3.69. The number of thiocarbonyl (C=S) groups is 1. The molecule has 0 bridgehead atoms. The number of benzene rings is 1. The van der Waals surface area contributed by atoms with Gasteiger partial charge < -0.3 is 20.1 Å². The van der Waals surface area contributed by atoms with E-state index in [1.165, 1.54) is 18.2 Å². The molecular weight excluding hydrogens is 307 g/mol. The van der Waals surface area contributed by atoms with Crippen molar-refractivity contribution in [1.82, 2.24) is 10.3 Å². The average Bonchev–Trinajstić information content (AvgIpc) is 3.10. The molecule has 1 aromatic carbocycles. The van der Waals surface area contributed by atoms with Gasteiger partial charge in [-0.15, -0.1) is 10.2 Å². The van der Waals surface area contributed by atoms with Crippen LogP contribution in [-0.4, -0.2) is 34.5 Å². The van der Waals surface area contributed by atoms with Gasteiger partial charge in [-0.25, -0.2) is 4.39 Å². The Bertz CT molecular complexity index is 725. The van der Waals surface area contributed by atoms with Gasteiger partial charge in [0.05, 0.1) is 11.6 Å². The maximum atomic E-state index is 13.1. The van der Waals surface area contributed by atoms with Crippen molar-refractivity contribution in [1.29, 1.82) is 0 Å². The summed E-state index contributed by atoms with van der Waals surface area (Å²) in [5.74, 6) is -0.572. The molecule has 1 aliphatic rings. The van der Waals surface area contributed by atoms with Crippen LogP contribution in [0.2, 0.25) is 0 Å². The summed E-state index contributed by atoms with van der Waals surface area (Å²) >= 11 is 5.07. The molecule has 116 valence electrons. The first-order chi connectivity index (χ1) is 10.6. The Hall–Kier alpha value is -2.06. The minimum atomic E-state index is -0.397. The molecule has 0 radical (unpaired) electrons. The highest BCUT2D eigenvalue weighted by atomic mass is 32.1. The molecule has 1 aliphatic heterocycles. The number of H-pyrrole nitrogens is 1. The number of ether oxygens (including phenoxy) is 1. The van der Waals surface area contributed by atoms with E-state index in [0.717, 1.165) is 19.4 Å². The number of aromatic hydroxyl groups is 1. The lowest BCUT2D eigenvalue weighted by atomic mass is 10.2. The minimum absolute atomic E-state index is 0.151. The Morgan fingerprint density at radius 1 is 1.55 bits per heavy atom. The molecule has 1 aromatic heterocycles. The van der Waals surface area contributed by atoms with Gasteiger partial charge in [0.2, 0.25) is 11.0 Å². The van der Waals surface area contributed by atoms with Gasteiger partial charge in [-0.3, -0.25) is 0 Å². The molecular formula is C14H15FN4O2S. The van der Waals surface area contributed by atoms with Gasteiger partial charge in [-0.1, -0.05) is 0 Å². The normalized spacial score (nSPS) is 18.3. The molecule has 22 heavy (non-hydrogen) atoms. The lowest BCUT2D eigenvalue weighted by molar-refractivity contribution is 0.114. The van der Waals surface area contributed by atoms with Gasteiger partial charge in [0, 0.05) is 18.5 Å². The molecule has 0 spiro atoms. The summed E-state index contributed by atoms with van der Waals surface area (Å²) in [6.45, 7) is 1.36. The molecule has 1 atom stereocenters. The SMILES string of the molecule is Oc1[nH]c2cc(F)ccc2c1N=NC(=S)NC[C@H]1CCCO1. The van der Waals surface area contributed by atoms with Gasteiger partial charge in [0.15, 0.2) is 5.69 Å². The van der Waals surface area contributed by atoms with E-state index in [2.05, 4.69) is 20.5 Å². The van der Waals surface area contributed by atoms with Crippen LogP contribution in [0.1, 0.15) is 12.8 Å². The molecule has 0 saturated carbocycles. The second-order valence-corrected chi connectivity index (χ2v) is 5.42. The van der Waals surface area contributed by atoms with Crippen molar-refractivity contribution in [2.24, 2.45) is 10.2 Å². The summed E-state index contributed by atoms with van der Waals surface area (Å²) < 4.78 is 18.6. The number of hydrogen-bond acceptors (Lipinski definition) is 4. The van der Waals surface area contributed by atoms with Crippen LogP contribution in [0, 0.1) is 5.82 Å². The molecule has 0 unspecified atom stereocenters. The van der Waals surface area contributed by atoms with Gasteiger partial charge in [-0.2, -0.15) is 0 Å². The first-order valence-electron chi connectivity index (χ1n) is 6.95. The highest BCUT2D eigenvalue weighted by molar-refractivity contribution is 7.80. The Morgan fingerprint density at radius 2 is 2.41 bits per heavy atom. The fraction of sp³-hybridized carbons (Fsp3) is 0.357. The molecule has 3 rings (SSSR count). The molecule has 0 amide bonds. The van der Waals surface area contributed by atoms with Crippen LogP contribution in [0.25, 0.3) is 10.9 Å². The van der Waals surface area contributed by atoms with Crippen LogP contribution in [0.5, 0.6) is 5.88 Å². The summed E-state index contributed by atoms with van der Waals surface area (Å²) in [7, 11) is 0. The average molecular weight is 322 g/mol. The van der Waals surface area contributed by atoms with Crippen LogP contribution in [0.15, 0.2) is 28.4 Å². The number of azo groups is 1. The zero-order valence-corrected chi connectivity index (χ0v) is 12.5. The van der Waals surface area contributed by atoms with Crippen molar-refractivity contribution < 1.29 is 14.2 Å². The number of halogens is 1. The number of hydrogen-bond donors (Lipinski definition) is 3. The van der Waals surface area contributed by atoms with Gasteiger partial charge in [0.25, 0.3) is 0 Å². The predicted octanol–water partition coefficient (Wildman–Crippen LogP) is 3.15. The molecule has 2 aromatic rings. The van der Waals surface area contributed by atoms with Gasteiger partial charge in [0.1, 0.15) is 5.82 Å². The third kappa shape index (κ3) is 3.23. The Labute approximate surface area is 131 Å². The highest BCUT2D eigenvalue weighted by Crippen LogP contribution is 2.35. The predicted molar refractivity (Wildman–Crippen MR) is 84.0 cm³/mol. The van der Waals surface area contributed by atoms with E-state index in [0.29, 0.717) is 17.4 Å². The van der Waals surface area contributed by atoms with Crippen molar-refractivity contribution >= 4 is 33.9 Å². The highest BCUT2D eigenvalue weighted by Gasteiger charge is 2.15. The quantitative estimate of drug-likeness (QED) is 0.599. The molecule has 3 N–H and O–H groups in total. The van der Waals surface area contributed by atoms with Gasteiger partial charge >= 0.3 is 0 Å². The number of aromatic amines is 1. The van der Waals surface area contributed by atoms with E-state index in [9.17, 15) is 9.50 Å². The molecule has 1 saturated heterocycles. The van der Waals surface area contributed by atoms with Crippen LogP contribution in [0.4, 0.5) is 10.1 Å². The van der Waals surface area contributed by atoms with E-state index in [4.69, 9.17) is 17.0 Å². The van der Waals surface area contributed by atoms with Crippen LogP contribution >= 0.6 is 12.2 Å². The summed E-state index contributed by atoms with van der Waals surface area (Å²) in [6, 6.07) is 4.10. The number of aromatic nitrogens is 1. The maximum Gasteiger partial charge on any atom is 0.218 e. The Morgan fingerprint density at radius 3 is 3.18 bits per heavy atom. The zero-order valence-electron chi connectivity index (χ0n) is 11.7. The van der Waals surface area contributed by atoms with E-state index in [-0.39, 0.29) is 22.8 Å². The lowest BCUT2D eigenvalue weighted by Crippen LogP contribution is -2.29. The standard InChI is InChI=1S/C14H15FN4O2S/c15-8-3-4-10-11(6-8)17-13(20)12(10)18-19-14(22)16-7-9-2-1-5-21-9/h3-4,6,9,17,20H,1-2,5,7H2,(H,16,22)/t9-/m1/s1. The maximum absolute atomic E-state index is 13.1. The molecule has 6 nitrogen and oxygen atoms in total. The molecule has 0 aliphatic carbocycles. The van der Waals surface area contributed by atoms with E-state index >= 15 is 0 Å². The zero-order chi connectivity index (χ0) is 15.5. The van der Waals surface area contributed by atoms with Crippen molar-refractivity contribution in [2.45, 2.75) is 18.9 Å². The summed E-state index contributed by atoms with van der Waals surface area (Å²) in [4.78, 5) is 2.65. The van der Waals surface area contributed by atoms with E-state index in [1.807, 2.05) is 0 Å². The summed E-state index contributed by atoms with van der Waals surface area (Å²) in [5.41, 5.74) is 0.681. The monoisotopic (exact) mass is 322 g/mol. The molecule has 8 heteroatoms. The van der Waals surface area contributed by atoms with Crippen molar-refractivity contribution in [3.05, 3.63) is 24.0 Å². The largest absolute Gasteiger partial charge is 0.493 e. The second kappa shape index (κ2) is 6.37. The summed E-state index contributed by atoms with van der Waals surface area (Å²) in [5, 5.41) is 21.4. The van der Waals surface area contributed by atoms with Crippen LogP contribution < -0.4 is 5.32 Å².